The quantitative estimate of drug-likeness (QED) is 0.759. The number of thioether (sulfide) groups is 1. The summed E-state index contributed by atoms with van der Waals surface area (Å²) in [4.78, 5) is 7.88. The normalized spacial score (nSPS) is 21.6. The Hall–Kier alpha value is -0.350. The summed E-state index contributed by atoms with van der Waals surface area (Å²) in [6.45, 7) is 4.10. The molecule has 1 aliphatic heterocycles. The van der Waals surface area contributed by atoms with E-state index in [4.69, 9.17) is 12.2 Å². The van der Waals surface area contributed by atoms with Crippen LogP contribution in [0, 0.1) is 18.5 Å². The maximum absolute atomic E-state index is 5.26. The van der Waals surface area contributed by atoms with E-state index in [2.05, 4.69) is 16.9 Å². The second kappa shape index (κ2) is 4.66. The smallest absolute Gasteiger partial charge is 0.132 e. The number of aromatic amines is 1. The van der Waals surface area contributed by atoms with Crippen LogP contribution in [0.15, 0.2) is 0 Å². The lowest BCUT2D eigenvalue weighted by atomic mass is 10.1. The number of nitrogens with one attached hydrogen (secondary N) is 1. The molecule has 0 aliphatic carbocycles. The van der Waals surface area contributed by atoms with E-state index < -0.39 is 0 Å². The van der Waals surface area contributed by atoms with Crippen molar-refractivity contribution in [1.29, 1.82) is 0 Å². The van der Waals surface area contributed by atoms with Gasteiger partial charge in [0.05, 0.1) is 5.25 Å². The number of hydrogen-bond acceptors (Lipinski definition) is 3. The SMILES string of the molecule is Cc1[nH]c(C2CCCCS2)nc(=S)c1C. The molecule has 2 heterocycles. The monoisotopic (exact) mass is 240 g/mol. The summed E-state index contributed by atoms with van der Waals surface area (Å²) < 4.78 is 0.757. The molecule has 82 valence electrons. The summed E-state index contributed by atoms with van der Waals surface area (Å²) in [6, 6.07) is 0. The van der Waals surface area contributed by atoms with Crippen molar-refractivity contribution in [1.82, 2.24) is 9.97 Å². The van der Waals surface area contributed by atoms with E-state index >= 15 is 0 Å². The van der Waals surface area contributed by atoms with Crippen molar-refractivity contribution < 1.29 is 0 Å². The number of aryl methyl sites for hydroxylation is 1. The van der Waals surface area contributed by atoms with Crippen LogP contribution in [0.1, 0.15) is 41.6 Å². The molecule has 1 N–H and O–H groups in total. The number of H-pyrrole nitrogens is 1. The molecule has 15 heavy (non-hydrogen) atoms. The highest BCUT2D eigenvalue weighted by molar-refractivity contribution is 7.99. The summed E-state index contributed by atoms with van der Waals surface area (Å²) in [7, 11) is 0. The number of rotatable bonds is 1. The van der Waals surface area contributed by atoms with Gasteiger partial charge in [-0.25, -0.2) is 4.98 Å². The summed E-state index contributed by atoms with van der Waals surface area (Å²) in [5.41, 5.74) is 2.27. The fraction of sp³-hybridized carbons (Fsp3) is 0.636. The predicted molar refractivity (Wildman–Crippen MR) is 67.9 cm³/mol. The molecular formula is C11H16N2S2. The van der Waals surface area contributed by atoms with Gasteiger partial charge in [-0.1, -0.05) is 18.6 Å². The maximum atomic E-state index is 5.26. The molecule has 4 heteroatoms. The van der Waals surface area contributed by atoms with Gasteiger partial charge in [-0.15, -0.1) is 0 Å². The van der Waals surface area contributed by atoms with E-state index in [0.717, 1.165) is 21.7 Å². The van der Waals surface area contributed by atoms with Crippen molar-refractivity contribution in [2.75, 3.05) is 5.75 Å². The van der Waals surface area contributed by atoms with Crippen molar-refractivity contribution in [3.63, 3.8) is 0 Å². The molecule has 2 nitrogen and oxygen atoms in total. The van der Waals surface area contributed by atoms with E-state index in [0.29, 0.717) is 5.25 Å². The van der Waals surface area contributed by atoms with Crippen LogP contribution in [0.3, 0.4) is 0 Å². The van der Waals surface area contributed by atoms with E-state index in [1.54, 1.807) is 0 Å². The molecule has 1 aromatic heterocycles. The van der Waals surface area contributed by atoms with Gasteiger partial charge in [-0.05, 0) is 32.4 Å². The minimum Gasteiger partial charge on any atom is -0.346 e. The Kier molecular flexibility index (Phi) is 3.46. The first-order valence-electron chi connectivity index (χ1n) is 5.37. The second-order valence-electron chi connectivity index (χ2n) is 4.03. The molecule has 0 saturated carbocycles. The lowest BCUT2D eigenvalue weighted by Crippen LogP contribution is -2.08. The van der Waals surface area contributed by atoms with Crippen molar-refractivity contribution >= 4 is 24.0 Å². The van der Waals surface area contributed by atoms with E-state index in [9.17, 15) is 0 Å². The summed E-state index contributed by atoms with van der Waals surface area (Å²) >= 11 is 7.26. The molecule has 1 fully saturated rings. The fourth-order valence-corrected chi connectivity index (χ4v) is 3.29. The molecule has 0 spiro atoms. The molecule has 0 radical (unpaired) electrons. The van der Waals surface area contributed by atoms with Crippen molar-refractivity contribution in [3.8, 4) is 0 Å². The fourth-order valence-electron chi connectivity index (χ4n) is 1.78. The Morgan fingerprint density at radius 1 is 1.40 bits per heavy atom. The molecule has 1 aromatic rings. The van der Waals surface area contributed by atoms with Gasteiger partial charge in [0, 0.05) is 11.3 Å². The van der Waals surface area contributed by atoms with Crippen LogP contribution >= 0.6 is 24.0 Å². The molecular weight excluding hydrogens is 224 g/mol. The summed E-state index contributed by atoms with van der Waals surface area (Å²) in [5, 5.41) is 0.528. The molecule has 1 atom stereocenters. The van der Waals surface area contributed by atoms with Gasteiger partial charge in [-0.3, -0.25) is 0 Å². The molecule has 0 bridgehead atoms. The van der Waals surface area contributed by atoms with E-state index in [-0.39, 0.29) is 0 Å². The Bertz CT molecular complexity index is 406. The average Bonchev–Trinajstić information content (AvgIpc) is 2.26. The van der Waals surface area contributed by atoms with Gasteiger partial charge in [0.15, 0.2) is 0 Å². The summed E-state index contributed by atoms with van der Waals surface area (Å²) in [6.07, 6.45) is 3.88. The highest BCUT2D eigenvalue weighted by atomic mass is 32.2. The molecule has 0 amide bonds. The Morgan fingerprint density at radius 2 is 2.20 bits per heavy atom. The van der Waals surface area contributed by atoms with Crippen LogP contribution in [-0.4, -0.2) is 15.7 Å². The Labute approximate surface area is 99.9 Å². The minimum absolute atomic E-state index is 0.528. The maximum Gasteiger partial charge on any atom is 0.132 e. The van der Waals surface area contributed by atoms with E-state index in [1.807, 2.05) is 18.7 Å². The first kappa shape index (κ1) is 11.1. The summed E-state index contributed by atoms with van der Waals surface area (Å²) in [5.74, 6) is 2.33. The highest BCUT2D eigenvalue weighted by Gasteiger charge is 2.18. The molecule has 1 unspecified atom stereocenters. The van der Waals surface area contributed by atoms with Crippen molar-refractivity contribution in [3.05, 3.63) is 21.7 Å². The minimum atomic E-state index is 0.528. The zero-order valence-electron chi connectivity index (χ0n) is 9.17. The Morgan fingerprint density at radius 3 is 2.80 bits per heavy atom. The zero-order valence-corrected chi connectivity index (χ0v) is 10.8. The average molecular weight is 240 g/mol. The molecule has 2 rings (SSSR count). The van der Waals surface area contributed by atoms with Crippen LogP contribution < -0.4 is 0 Å². The van der Waals surface area contributed by atoms with Gasteiger partial charge in [0.25, 0.3) is 0 Å². The third-order valence-electron chi connectivity index (χ3n) is 2.91. The molecule has 0 aromatic carbocycles. The van der Waals surface area contributed by atoms with Crippen LogP contribution in [0.2, 0.25) is 0 Å². The number of aromatic nitrogens is 2. The largest absolute Gasteiger partial charge is 0.346 e. The van der Waals surface area contributed by atoms with Gasteiger partial charge >= 0.3 is 0 Å². The first-order chi connectivity index (χ1) is 7.18. The Balaban J connectivity index is 2.32. The van der Waals surface area contributed by atoms with Gasteiger partial charge < -0.3 is 4.98 Å². The van der Waals surface area contributed by atoms with Gasteiger partial charge in [0.2, 0.25) is 0 Å². The standard InChI is InChI=1S/C11H16N2S2/c1-7-8(2)12-10(13-11(7)14)9-5-3-4-6-15-9/h9H,3-6H2,1-2H3,(H,12,13,14). The predicted octanol–water partition coefficient (Wildman–Crippen LogP) is 3.71. The van der Waals surface area contributed by atoms with Gasteiger partial charge in [0.1, 0.15) is 10.5 Å². The first-order valence-corrected chi connectivity index (χ1v) is 6.83. The highest BCUT2D eigenvalue weighted by Crippen LogP contribution is 2.36. The van der Waals surface area contributed by atoms with Crippen molar-refractivity contribution in [2.24, 2.45) is 0 Å². The lowest BCUT2D eigenvalue weighted by molar-refractivity contribution is 0.658. The van der Waals surface area contributed by atoms with Crippen molar-refractivity contribution in [2.45, 2.75) is 38.4 Å². The van der Waals surface area contributed by atoms with Crippen LogP contribution in [0.4, 0.5) is 0 Å². The molecule has 1 saturated heterocycles. The van der Waals surface area contributed by atoms with Crippen LogP contribution in [0.5, 0.6) is 0 Å². The van der Waals surface area contributed by atoms with Gasteiger partial charge in [-0.2, -0.15) is 11.8 Å². The van der Waals surface area contributed by atoms with Crippen LogP contribution in [-0.2, 0) is 0 Å². The number of nitrogens with zero attached hydrogens (tertiary/aromatic N) is 1. The lowest BCUT2D eigenvalue weighted by Gasteiger charge is -2.21. The third-order valence-corrected chi connectivity index (χ3v) is 4.69. The van der Waals surface area contributed by atoms with E-state index in [1.165, 1.54) is 25.0 Å². The third kappa shape index (κ3) is 2.42. The number of hydrogen-bond donors (Lipinski definition) is 1. The topological polar surface area (TPSA) is 28.7 Å². The second-order valence-corrected chi connectivity index (χ2v) is 5.73. The van der Waals surface area contributed by atoms with Crippen LogP contribution in [0.25, 0.3) is 0 Å². The molecule has 1 aliphatic rings. The zero-order chi connectivity index (χ0) is 10.8.